The molecule has 0 saturated carbocycles. The standard InChI is InChI=1S/C15H24O/c1-5-13(11-15(3,4)12(2)16)14-9-7-6-8-10-14/h6-10,12-13,16H,5,11H2,1-4H3. The summed E-state index contributed by atoms with van der Waals surface area (Å²) < 4.78 is 0. The lowest BCUT2D eigenvalue weighted by Gasteiger charge is -2.32. The van der Waals surface area contributed by atoms with Crippen LogP contribution in [0.1, 0.15) is 52.0 Å². The topological polar surface area (TPSA) is 20.2 Å². The lowest BCUT2D eigenvalue weighted by atomic mass is 9.76. The number of hydrogen-bond acceptors (Lipinski definition) is 1. The van der Waals surface area contributed by atoms with E-state index in [1.54, 1.807) is 0 Å². The summed E-state index contributed by atoms with van der Waals surface area (Å²) in [4.78, 5) is 0. The van der Waals surface area contributed by atoms with Crippen LogP contribution in [-0.2, 0) is 0 Å². The van der Waals surface area contributed by atoms with Crippen LogP contribution in [0.25, 0.3) is 0 Å². The summed E-state index contributed by atoms with van der Waals surface area (Å²) in [6, 6.07) is 10.6. The molecule has 0 saturated heterocycles. The van der Waals surface area contributed by atoms with E-state index in [1.165, 1.54) is 5.56 Å². The van der Waals surface area contributed by atoms with Crippen molar-refractivity contribution in [2.45, 2.75) is 52.6 Å². The van der Waals surface area contributed by atoms with Crippen molar-refractivity contribution >= 4 is 0 Å². The van der Waals surface area contributed by atoms with E-state index in [0.717, 1.165) is 12.8 Å². The van der Waals surface area contributed by atoms with Crippen LogP contribution in [0.15, 0.2) is 30.3 Å². The van der Waals surface area contributed by atoms with Gasteiger partial charge in [0.1, 0.15) is 0 Å². The molecular formula is C15H24O. The number of hydrogen-bond donors (Lipinski definition) is 1. The van der Waals surface area contributed by atoms with Crippen LogP contribution < -0.4 is 0 Å². The molecule has 1 heteroatoms. The fourth-order valence-electron chi connectivity index (χ4n) is 2.03. The maximum Gasteiger partial charge on any atom is 0.0563 e. The highest BCUT2D eigenvalue weighted by Gasteiger charge is 2.27. The summed E-state index contributed by atoms with van der Waals surface area (Å²) in [5, 5.41) is 9.77. The van der Waals surface area contributed by atoms with Gasteiger partial charge >= 0.3 is 0 Å². The zero-order chi connectivity index (χ0) is 12.2. The number of benzene rings is 1. The van der Waals surface area contributed by atoms with Crippen LogP contribution in [-0.4, -0.2) is 11.2 Å². The van der Waals surface area contributed by atoms with Gasteiger partial charge in [0.2, 0.25) is 0 Å². The van der Waals surface area contributed by atoms with E-state index in [4.69, 9.17) is 0 Å². The van der Waals surface area contributed by atoms with E-state index in [1.807, 2.05) is 6.92 Å². The predicted octanol–water partition coefficient (Wildman–Crippen LogP) is 3.98. The number of rotatable bonds is 5. The largest absolute Gasteiger partial charge is 0.393 e. The third kappa shape index (κ3) is 3.34. The van der Waals surface area contributed by atoms with E-state index in [9.17, 15) is 5.11 Å². The minimum absolute atomic E-state index is 0.0173. The van der Waals surface area contributed by atoms with Gasteiger partial charge in [-0.15, -0.1) is 0 Å². The third-order valence-electron chi connectivity index (χ3n) is 3.67. The van der Waals surface area contributed by atoms with Gasteiger partial charge in [-0.25, -0.2) is 0 Å². The highest BCUT2D eigenvalue weighted by Crippen LogP contribution is 2.35. The van der Waals surface area contributed by atoms with E-state index < -0.39 is 0 Å². The van der Waals surface area contributed by atoms with Gasteiger partial charge in [0.05, 0.1) is 6.10 Å². The summed E-state index contributed by atoms with van der Waals surface area (Å²) in [6.45, 7) is 8.39. The molecule has 0 amide bonds. The van der Waals surface area contributed by atoms with Gasteiger partial charge in [-0.1, -0.05) is 51.1 Å². The lowest BCUT2D eigenvalue weighted by Crippen LogP contribution is -2.28. The van der Waals surface area contributed by atoms with Gasteiger partial charge in [-0.05, 0) is 36.7 Å². The van der Waals surface area contributed by atoms with Crippen molar-refractivity contribution in [2.75, 3.05) is 0 Å². The summed E-state index contributed by atoms with van der Waals surface area (Å²) in [5.41, 5.74) is 1.37. The van der Waals surface area contributed by atoms with Crippen molar-refractivity contribution in [3.05, 3.63) is 35.9 Å². The number of aliphatic hydroxyl groups is 1. The second kappa shape index (κ2) is 5.49. The summed E-state index contributed by atoms with van der Waals surface area (Å²) >= 11 is 0. The van der Waals surface area contributed by atoms with Gasteiger partial charge < -0.3 is 5.11 Å². The minimum Gasteiger partial charge on any atom is -0.393 e. The van der Waals surface area contributed by atoms with Crippen molar-refractivity contribution in [1.82, 2.24) is 0 Å². The van der Waals surface area contributed by atoms with Crippen molar-refractivity contribution in [2.24, 2.45) is 5.41 Å². The Balaban J connectivity index is 2.78. The minimum atomic E-state index is -0.259. The van der Waals surface area contributed by atoms with Crippen LogP contribution >= 0.6 is 0 Å². The average molecular weight is 220 g/mol. The Bertz CT molecular complexity index is 300. The molecule has 1 aromatic rings. The molecule has 0 heterocycles. The second-order valence-electron chi connectivity index (χ2n) is 5.38. The Kier molecular flexibility index (Phi) is 4.55. The van der Waals surface area contributed by atoms with Crippen molar-refractivity contribution < 1.29 is 5.11 Å². The molecule has 0 spiro atoms. The van der Waals surface area contributed by atoms with Gasteiger partial charge in [-0.3, -0.25) is 0 Å². The molecule has 90 valence electrons. The molecule has 1 rings (SSSR count). The first kappa shape index (κ1) is 13.2. The quantitative estimate of drug-likeness (QED) is 0.796. The van der Waals surface area contributed by atoms with E-state index in [0.29, 0.717) is 5.92 Å². The summed E-state index contributed by atoms with van der Waals surface area (Å²) in [6.07, 6.45) is 1.90. The van der Waals surface area contributed by atoms with Crippen LogP contribution in [0, 0.1) is 5.41 Å². The van der Waals surface area contributed by atoms with Gasteiger partial charge in [0.15, 0.2) is 0 Å². The zero-order valence-electron chi connectivity index (χ0n) is 10.9. The van der Waals surface area contributed by atoms with Crippen molar-refractivity contribution in [1.29, 1.82) is 0 Å². The monoisotopic (exact) mass is 220 g/mol. The molecule has 0 aliphatic heterocycles. The van der Waals surface area contributed by atoms with E-state index in [2.05, 4.69) is 51.1 Å². The molecule has 0 aliphatic carbocycles. The van der Waals surface area contributed by atoms with Crippen LogP contribution in [0.2, 0.25) is 0 Å². The van der Waals surface area contributed by atoms with Crippen molar-refractivity contribution in [3.63, 3.8) is 0 Å². The molecule has 2 unspecified atom stereocenters. The first-order chi connectivity index (χ1) is 7.47. The van der Waals surface area contributed by atoms with Gasteiger partial charge in [0.25, 0.3) is 0 Å². The Morgan fingerprint density at radius 3 is 2.19 bits per heavy atom. The van der Waals surface area contributed by atoms with Gasteiger partial charge in [0, 0.05) is 0 Å². The molecule has 16 heavy (non-hydrogen) atoms. The fourth-order valence-corrected chi connectivity index (χ4v) is 2.03. The molecule has 1 nitrogen and oxygen atoms in total. The normalized spacial score (nSPS) is 15.8. The summed E-state index contributed by atoms with van der Waals surface area (Å²) in [7, 11) is 0. The second-order valence-corrected chi connectivity index (χ2v) is 5.38. The van der Waals surface area contributed by atoms with Crippen LogP contribution in [0.3, 0.4) is 0 Å². The molecular weight excluding hydrogens is 196 g/mol. The maximum atomic E-state index is 9.77. The molecule has 0 fully saturated rings. The first-order valence-corrected chi connectivity index (χ1v) is 6.20. The molecule has 1 N–H and O–H groups in total. The Morgan fingerprint density at radius 1 is 1.19 bits per heavy atom. The Morgan fingerprint density at radius 2 is 1.75 bits per heavy atom. The third-order valence-corrected chi connectivity index (χ3v) is 3.67. The highest BCUT2D eigenvalue weighted by molar-refractivity contribution is 5.19. The highest BCUT2D eigenvalue weighted by atomic mass is 16.3. The van der Waals surface area contributed by atoms with E-state index in [-0.39, 0.29) is 11.5 Å². The molecule has 0 aromatic heterocycles. The van der Waals surface area contributed by atoms with Crippen LogP contribution in [0.4, 0.5) is 0 Å². The number of aliphatic hydroxyl groups excluding tert-OH is 1. The zero-order valence-corrected chi connectivity index (χ0v) is 10.9. The lowest BCUT2D eigenvalue weighted by molar-refractivity contribution is 0.0537. The molecule has 2 atom stereocenters. The Labute approximate surface area is 99.5 Å². The summed E-state index contributed by atoms with van der Waals surface area (Å²) in [5.74, 6) is 0.547. The SMILES string of the molecule is CCC(CC(C)(C)C(C)O)c1ccccc1. The maximum absolute atomic E-state index is 9.77. The molecule has 0 radical (unpaired) electrons. The van der Waals surface area contributed by atoms with Gasteiger partial charge in [-0.2, -0.15) is 0 Å². The fraction of sp³-hybridized carbons (Fsp3) is 0.600. The smallest absolute Gasteiger partial charge is 0.0563 e. The molecule has 0 aliphatic rings. The average Bonchev–Trinajstić information content (AvgIpc) is 2.27. The first-order valence-electron chi connectivity index (χ1n) is 6.20. The molecule has 1 aromatic carbocycles. The van der Waals surface area contributed by atoms with Crippen molar-refractivity contribution in [3.8, 4) is 0 Å². The van der Waals surface area contributed by atoms with E-state index >= 15 is 0 Å². The predicted molar refractivity (Wildman–Crippen MR) is 69.6 cm³/mol. The molecule has 0 bridgehead atoms. The van der Waals surface area contributed by atoms with Crippen LogP contribution in [0.5, 0.6) is 0 Å². The Hall–Kier alpha value is -0.820.